The Hall–Kier alpha value is -2.87. The fourth-order valence-electron chi connectivity index (χ4n) is 3.15. The van der Waals surface area contributed by atoms with E-state index in [1.807, 2.05) is 66.7 Å². The topological polar surface area (TPSA) is 43.1 Å². The van der Waals surface area contributed by atoms with Gasteiger partial charge in [0.25, 0.3) is 0 Å². The Morgan fingerprint density at radius 2 is 1.52 bits per heavy atom. The van der Waals surface area contributed by atoms with E-state index in [0.717, 1.165) is 29.5 Å². The molecular formula is C23H23NO. The molecular weight excluding hydrogens is 306 g/mol. The van der Waals surface area contributed by atoms with Crippen molar-refractivity contribution >= 4 is 11.5 Å². The minimum Gasteiger partial charge on any atom is -0.398 e. The van der Waals surface area contributed by atoms with Crippen molar-refractivity contribution in [3.63, 3.8) is 0 Å². The Balaban J connectivity index is 2.09. The van der Waals surface area contributed by atoms with Crippen LogP contribution in [0.4, 0.5) is 5.69 Å². The average molecular weight is 329 g/mol. The largest absolute Gasteiger partial charge is 0.398 e. The number of carbonyl (C=O) groups is 1. The fourth-order valence-corrected chi connectivity index (χ4v) is 3.15. The third-order valence-electron chi connectivity index (χ3n) is 4.64. The van der Waals surface area contributed by atoms with E-state index in [1.54, 1.807) is 0 Å². The number of aryl methyl sites for hydroxylation is 2. The Labute approximate surface area is 149 Å². The molecule has 0 aliphatic rings. The van der Waals surface area contributed by atoms with Crippen LogP contribution in [0.15, 0.2) is 66.7 Å². The van der Waals surface area contributed by atoms with Crippen LogP contribution in [0.2, 0.25) is 0 Å². The maximum atomic E-state index is 13.0. The zero-order valence-electron chi connectivity index (χ0n) is 14.8. The van der Waals surface area contributed by atoms with E-state index < -0.39 is 0 Å². The monoisotopic (exact) mass is 329 g/mol. The Bertz CT molecular complexity index is 880. The first-order valence-electron chi connectivity index (χ1n) is 8.76. The zero-order chi connectivity index (χ0) is 17.8. The molecule has 3 aromatic rings. The smallest absolute Gasteiger partial charge is 0.195 e. The van der Waals surface area contributed by atoms with Crippen LogP contribution in [0.1, 0.15) is 40.9 Å². The first kappa shape index (κ1) is 17.0. The molecule has 3 aromatic carbocycles. The van der Waals surface area contributed by atoms with E-state index in [9.17, 15) is 4.79 Å². The average Bonchev–Trinajstić information content (AvgIpc) is 2.68. The van der Waals surface area contributed by atoms with Crippen LogP contribution in [0, 0.1) is 0 Å². The first-order chi connectivity index (χ1) is 12.2. The number of nitrogens with two attached hydrogens (primary N) is 1. The number of anilines is 1. The minimum absolute atomic E-state index is 0.0278. The van der Waals surface area contributed by atoms with Crippen molar-refractivity contribution in [3.05, 3.63) is 89.0 Å². The van der Waals surface area contributed by atoms with Gasteiger partial charge in [0.05, 0.1) is 5.69 Å². The molecule has 0 fully saturated rings. The lowest BCUT2D eigenvalue weighted by atomic mass is 9.90. The molecule has 0 aliphatic heterocycles. The molecule has 126 valence electrons. The van der Waals surface area contributed by atoms with Gasteiger partial charge in [0, 0.05) is 16.7 Å². The molecule has 0 unspecified atom stereocenters. The summed E-state index contributed by atoms with van der Waals surface area (Å²) >= 11 is 0. The van der Waals surface area contributed by atoms with Crippen LogP contribution in [-0.4, -0.2) is 5.78 Å². The van der Waals surface area contributed by atoms with Gasteiger partial charge in [-0.1, -0.05) is 74.5 Å². The van der Waals surface area contributed by atoms with Gasteiger partial charge in [-0.05, 0) is 35.6 Å². The Morgan fingerprint density at radius 1 is 0.840 bits per heavy atom. The molecule has 0 radical (unpaired) electrons. The highest BCUT2D eigenvalue weighted by molar-refractivity contribution is 6.13. The highest BCUT2D eigenvalue weighted by Gasteiger charge is 2.18. The molecule has 0 aromatic heterocycles. The van der Waals surface area contributed by atoms with Crippen molar-refractivity contribution < 1.29 is 4.79 Å². The predicted octanol–water partition coefficient (Wildman–Crippen LogP) is 5.29. The van der Waals surface area contributed by atoms with Gasteiger partial charge in [0.15, 0.2) is 5.78 Å². The number of benzene rings is 3. The lowest BCUT2D eigenvalue weighted by Crippen LogP contribution is -2.08. The molecule has 0 saturated heterocycles. The highest BCUT2D eigenvalue weighted by Crippen LogP contribution is 2.33. The highest BCUT2D eigenvalue weighted by atomic mass is 16.1. The second kappa shape index (κ2) is 7.35. The van der Waals surface area contributed by atoms with Crippen LogP contribution < -0.4 is 5.73 Å². The molecule has 2 nitrogen and oxygen atoms in total. The molecule has 2 N–H and O–H groups in total. The predicted molar refractivity (Wildman–Crippen MR) is 105 cm³/mol. The normalized spacial score (nSPS) is 10.6. The third-order valence-corrected chi connectivity index (χ3v) is 4.64. The zero-order valence-corrected chi connectivity index (χ0v) is 14.8. The number of ketones is 1. The number of rotatable bonds is 5. The Kier molecular flexibility index (Phi) is 4.99. The van der Waals surface area contributed by atoms with Gasteiger partial charge in [0.1, 0.15) is 0 Å². The molecule has 0 aliphatic carbocycles. The SMILES string of the molecule is CCc1ccc(C(=O)c2ccc(CC)c(-c3ccccc3)c2N)cc1. The number of hydrogen-bond acceptors (Lipinski definition) is 2. The van der Waals surface area contributed by atoms with Gasteiger partial charge >= 0.3 is 0 Å². The first-order valence-corrected chi connectivity index (χ1v) is 8.76. The van der Waals surface area contributed by atoms with E-state index in [4.69, 9.17) is 5.73 Å². The van der Waals surface area contributed by atoms with Gasteiger partial charge in [0.2, 0.25) is 0 Å². The van der Waals surface area contributed by atoms with Crippen molar-refractivity contribution in [1.82, 2.24) is 0 Å². The fraction of sp³-hybridized carbons (Fsp3) is 0.174. The molecule has 25 heavy (non-hydrogen) atoms. The van der Waals surface area contributed by atoms with Gasteiger partial charge in [-0.3, -0.25) is 4.79 Å². The summed E-state index contributed by atoms with van der Waals surface area (Å²) in [6.45, 7) is 4.20. The molecule has 0 heterocycles. The van der Waals surface area contributed by atoms with Crippen LogP contribution in [0.25, 0.3) is 11.1 Å². The second-order valence-corrected chi connectivity index (χ2v) is 6.16. The molecule has 0 saturated carbocycles. The number of hydrogen-bond donors (Lipinski definition) is 1. The van der Waals surface area contributed by atoms with Gasteiger partial charge in [-0.2, -0.15) is 0 Å². The maximum Gasteiger partial charge on any atom is 0.195 e. The summed E-state index contributed by atoms with van der Waals surface area (Å²) in [5.74, 6) is -0.0278. The lowest BCUT2D eigenvalue weighted by molar-refractivity contribution is 0.103. The summed E-state index contributed by atoms with van der Waals surface area (Å²) in [6, 6.07) is 21.7. The number of nitrogen functional groups attached to an aromatic ring is 1. The summed E-state index contributed by atoms with van der Waals surface area (Å²) in [5, 5.41) is 0. The minimum atomic E-state index is -0.0278. The quantitative estimate of drug-likeness (QED) is 0.510. The van der Waals surface area contributed by atoms with Crippen LogP contribution in [0.5, 0.6) is 0 Å². The van der Waals surface area contributed by atoms with E-state index in [0.29, 0.717) is 16.8 Å². The summed E-state index contributed by atoms with van der Waals surface area (Å²) in [4.78, 5) is 13.0. The number of carbonyl (C=O) groups excluding carboxylic acids is 1. The van der Waals surface area contributed by atoms with Crippen molar-refractivity contribution in [2.24, 2.45) is 0 Å². The van der Waals surface area contributed by atoms with Crippen molar-refractivity contribution in [2.75, 3.05) is 5.73 Å². The summed E-state index contributed by atoms with van der Waals surface area (Å²) < 4.78 is 0. The van der Waals surface area contributed by atoms with Gasteiger partial charge in [-0.15, -0.1) is 0 Å². The summed E-state index contributed by atoms with van der Waals surface area (Å²) in [7, 11) is 0. The van der Waals surface area contributed by atoms with E-state index in [2.05, 4.69) is 13.8 Å². The van der Waals surface area contributed by atoms with Crippen LogP contribution in [-0.2, 0) is 12.8 Å². The third kappa shape index (κ3) is 3.34. The standard InChI is InChI=1S/C23H23NO/c1-3-16-10-12-19(13-11-16)23(25)20-15-14-17(4-2)21(22(20)24)18-8-6-5-7-9-18/h5-15H,3-4,24H2,1-2H3. The summed E-state index contributed by atoms with van der Waals surface area (Å²) in [5.41, 5.74) is 12.7. The van der Waals surface area contributed by atoms with E-state index in [-0.39, 0.29) is 5.78 Å². The second-order valence-electron chi connectivity index (χ2n) is 6.16. The van der Waals surface area contributed by atoms with Crippen molar-refractivity contribution in [3.8, 4) is 11.1 Å². The van der Waals surface area contributed by atoms with Crippen LogP contribution in [0.3, 0.4) is 0 Å². The van der Waals surface area contributed by atoms with Gasteiger partial charge < -0.3 is 5.73 Å². The molecule has 0 spiro atoms. The molecule has 3 rings (SSSR count). The molecule has 0 bridgehead atoms. The summed E-state index contributed by atoms with van der Waals surface area (Å²) in [6.07, 6.45) is 1.83. The van der Waals surface area contributed by atoms with E-state index in [1.165, 1.54) is 5.56 Å². The van der Waals surface area contributed by atoms with Gasteiger partial charge in [-0.25, -0.2) is 0 Å². The van der Waals surface area contributed by atoms with E-state index >= 15 is 0 Å². The molecule has 2 heteroatoms. The van der Waals surface area contributed by atoms with Crippen molar-refractivity contribution in [2.45, 2.75) is 26.7 Å². The lowest BCUT2D eigenvalue weighted by Gasteiger charge is -2.15. The maximum absolute atomic E-state index is 13.0. The molecule has 0 amide bonds. The molecule has 0 atom stereocenters. The van der Waals surface area contributed by atoms with Crippen LogP contribution >= 0.6 is 0 Å². The Morgan fingerprint density at radius 3 is 2.12 bits per heavy atom. The van der Waals surface area contributed by atoms with Crippen molar-refractivity contribution in [1.29, 1.82) is 0 Å².